The maximum atomic E-state index is 3.29. The molecule has 0 bridgehead atoms. The van der Waals surface area contributed by atoms with Gasteiger partial charge in [0.25, 0.3) is 0 Å². The van der Waals surface area contributed by atoms with Gasteiger partial charge in [-0.2, -0.15) is 11.8 Å². The van der Waals surface area contributed by atoms with E-state index >= 15 is 0 Å². The molecule has 1 unspecified atom stereocenters. The van der Waals surface area contributed by atoms with Crippen LogP contribution in [-0.2, 0) is 0 Å². The van der Waals surface area contributed by atoms with Gasteiger partial charge in [-0.1, -0.05) is 18.2 Å². The Morgan fingerprint density at radius 2 is 2.08 bits per heavy atom. The summed E-state index contributed by atoms with van der Waals surface area (Å²) in [6.45, 7) is 2.24. The molecule has 1 N–H and O–H groups in total. The van der Waals surface area contributed by atoms with E-state index in [1.807, 2.05) is 11.8 Å². The fourth-order valence-electron chi connectivity index (χ4n) is 1.56. The number of hydrogen-bond acceptors (Lipinski definition) is 1. The quantitative estimate of drug-likeness (QED) is 0.767. The van der Waals surface area contributed by atoms with Gasteiger partial charge in [0.2, 0.25) is 0 Å². The molecule has 1 heterocycles. The van der Waals surface area contributed by atoms with Gasteiger partial charge in [-0.15, -0.1) is 0 Å². The van der Waals surface area contributed by atoms with Crippen molar-refractivity contribution in [2.24, 2.45) is 0 Å². The predicted molar refractivity (Wildman–Crippen MR) is 60.2 cm³/mol. The monoisotopic (exact) mass is 191 g/mol. The van der Waals surface area contributed by atoms with Crippen LogP contribution in [0.15, 0.2) is 30.5 Å². The Hall–Kier alpha value is -0.890. The summed E-state index contributed by atoms with van der Waals surface area (Å²) >= 11 is 1.88. The highest BCUT2D eigenvalue weighted by atomic mass is 32.2. The standard InChI is InChI=1S/C11H13NS/c1-8(13-2)10-7-12-11-6-4-3-5-9(10)11/h3-8,12H,1-2H3. The molecule has 13 heavy (non-hydrogen) atoms. The van der Waals surface area contributed by atoms with Crippen LogP contribution in [0.5, 0.6) is 0 Å². The van der Waals surface area contributed by atoms with E-state index in [0.717, 1.165) is 0 Å². The van der Waals surface area contributed by atoms with E-state index in [9.17, 15) is 0 Å². The Labute approximate surface area is 82.5 Å². The van der Waals surface area contributed by atoms with E-state index in [1.165, 1.54) is 16.5 Å². The number of hydrogen-bond donors (Lipinski definition) is 1. The van der Waals surface area contributed by atoms with E-state index in [2.05, 4.69) is 48.6 Å². The van der Waals surface area contributed by atoms with Gasteiger partial charge < -0.3 is 4.98 Å². The van der Waals surface area contributed by atoms with Gasteiger partial charge in [0.1, 0.15) is 0 Å². The summed E-state index contributed by atoms with van der Waals surface area (Å²) < 4.78 is 0. The van der Waals surface area contributed by atoms with Gasteiger partial charge in [0, 0.05) is 22.3 Å². The van der Waals surface area contributed by atoms with E-state index in [-0.39, 0.29) is 0 Å². The smallest absolute Gasteiger partial charge is 0.0457 e. The Bertz CT molecular complexity index is 405. The Kier molecular flexibility index (Phi) is 2.32. The van der Waals surface area contributed by atoms with Crippen molar-refractivity contribution in [1.29, 1.82) is 0 Å². The molecule has 0 spiro atoms. The fourth-order valence-corrected chi connectivity index (χ4v) is 2.01. The average molecular weight is 191 g/mol. The van der Waals surface area contributed by atoms with Crippen LogP contribution in [0.1, 0.15) is 17.7 Å². The van der Waals surface area contributed by atoms with Crippen molar-refractivity contribution in [2.45, 2.75) is 12.2 Å². The second-order valence-corrected chi connectivity index (χ2v) is 4.35. The summed E-state index contributed by atoms with van der Waals surface area (Å²) in [6.07, 6.45) is 4.26. The third-order valence-corrected chi connectivity index (χ3v) is 3.37. The minimum absolute atomic E-state index is 0.566. The van der Waals surface area contributed by atoms with Gasteiger partial charge in [-0.05, 0) is 24.8 Å². The molecular weight excluding hydrogens is 178 g/mol. The molecule has 68 valence electrons. The molecule has 0 aliphatic carbocycles. The topological polar surface area (TPSA) is 15.8 Å². The molecule has 0 saturated heterocycles. The van der Waals surface area contributed by atoms with Crippen LogP contribution in [0.2, 0.25) is 0 Å². The Balaban J connectivity index is 2.57. The SMILES string of the molecule is CSC(C)c1c[nH]c2ccccc12. The molecule has 1 atom stereocenters. The highest BCUT2D eigenvalue weighted by Gasteiger charge is 2.08. The molecule has 2 rings (SSSR count). The van der Waals surface area contributed by atoms with Gasteiger partial charge in [-0.3, -0.25) is 0 Å². The number of H-pyrrole nitrogens is 1. The number of aromatic nitrogens is 1. The van der Waals surface area contributed by atoms with Crippen molar-refractivity contribution in [3.63, 3.8) is 0 Å². The highest BCUT2D eigenvalue weighted by Crippen LogP contribution is 2.31. The van der Waals surface area contributed by atoms with Gasteiger partial charge in [0.15, 0.2) is 0 Å². The summed E-state index contributed by atoms with van der Waals surface area (Å²) in [4.78, 5) is 3.29. The molecule has 2 heteroatoms. The zero-order chi connectivity index (χ0) is 9.26. The van der Waals surface area contributed by atoms with Crippen LogP contribution in [0.4, 0.5) is 0 Å². The first-order valence-corrected chi connectivity index (χ1v) is 5.70. The maximum Gasteiger partial charge on any atom is 0.0457 e. The van der Waals surface area contributed by atoms with Crippen molar-refractivity contribution in [1.82, 2.24) is 4.98 Å². The van der Waals surface area contributed by atoms with E-state index < -0.39 is 0 Å². The molecule has 0 fully saturated rings. The molecule has 0 saturated carbocycles. The van der Waals surface area contributed by atoms with E-state index in [0.29, 0.717) is 5.25 Å². The fraction of sp³-hybridized carbons (Fsp3) is 0.273. The zero-order valence-corrected chi connectivity index (χ0v) is 8.69. The average Bonchev–Trinajstić information content (AvgIpc) is 2.60. The van der Waals surface area contributed by atoms with Crippen molar-refractivity contribution in [2.75, 3.05) is 6.26 Å². The number of benzene rings is 1. The van der Waals surface area contributed by atoms with Crippen molar-refractivity contribution >= 4 is 22.7 Å². The van der Waals surface area contributed by atoms with E-state index in [4.69, 9.17) is 0 Å². The van der Waals surface area contributed by atoms with E-state index in [1.54, 1.807) is 0 Å². The summed E-state index contributed by atoms with van der Waals surface area (Å²) in [5, 5.41) is 1.92. The normalized spacial score (nSPS) is 13.4. The van der Waals surface area contributed by atoms with Crippen LogP contribution in [-0.4, -0.2) is 11.2 Å². The first kappa shape index (κ1) is 8.70. The zero-order valence-electron chi connectivity index (χ0n) is 7.87. The summed E-state index contributed by atoms with van der Waals surface area (Å²) in [5.41, 5.74) is 2.64. The number of nitrogens with one attached hydrogen (secondary N) is 1. The first-order chi connectivity index (χ1) is 6.33. The number of para-hydroxylation sites is 1. The van der Waals surface area contributed by atoms with Crippen molar-refractivity contribution in [3.05, 3.63) is 36.0 Å². The molecule has 0 radical (unpaired) electrons. The van der Waals surface area contributed by atoms with Crippen LogP contribution in [0, 0.1) is 0 Å². The number of fused-ring (bicyclic) bond motifs is 1. The highest BCUT2D eigenvalue weighted by molar-refractivity contribution is 7.98. The minimum atomic E-state index is 0.566. The molecule has 2 aromatic rings. The second-order valence-electron chi connectivity index (χ2n) is 3.17. The molecule has 0 amide bonds. The van der Waals surface area contributed by atoms with Gasteiger partial charge in [0.05, 0.1) is 0 Å². The summed E-state index contributed by atoms with van der Waals surface area (Å²) in [6, 6.07) is 8.44. The van der Waals surface area contributed by atoms with Gasteiger partial charge >= 0.3 is 0 Å². The Morgan fingerprint density at radius 3 is 2.85 bits per heavy atom. The predicted octanol–water partition coefficient (Wildman–Crippen LogP) is 3.59. The number of thioether (sulfide) groups is 1. The molecule has 0 aliphatic heterocycles. The first-order valence-electron chi connectivity index (χ1n) is 4.41. The third-order valence-electron chi connectivity index (χ3n) is 2.41. The van der Waals surface area contributed by atoms with Crippen LogP contribution in [0.25, 0.3) is 10.9 Å². The third kappa shape index (κ3) is 1.46. The van der Waals surface area contributed by atoms with Crippen LogP contribution < -0.4 is 0 Å². The summed E-state index contributed by atoms with van der Waals surface area (Å²) in [7, 11) is 0. The molecular formula is C11H13NS. The lowest BCUT2D eigenvalue weighted by molar-refractivity contribution is 1.12. The number of rotatable bonds is 2. The lowest BCUT2D eigenvalue weighted by Gasteiger charge is -2.05. The summed E-state index contributed by atoms with van der Waals surface area (Å²) in [5.74, 6) is 0. The lowest BCUT2D eigenvalue weighted by atomic mass is 10.1. The number of aromatic amines is 1. The molecule has 1 aromatic carbocycles. The van der Waals surface area contributed by atoms with Crippen molar-refractivity contribution in [3.8, 4) is 0 Å². The largest absolute Gasteiger partial charge is 0.361 e. The van der Waals surface area contributed by atoms with Gasteiger partial charge in [-0.25, -0.2) is 0 Å². The maximum absolute atomic E-state index is 3.29. The Morgan fingerprint density at radius 1 is 1.31 bits per heavy atom. The molecule has 1 aromatic heterocycles. The minimum Gasteiger partial charge on any atom is -0.361 e. The lowest BCUT2D eigenvalue weighted by Crippen LogP contribution is -1.83. The molecule has 0 aliphatic rings. The second kappa shape index (κ2) is 3.46. The van der Waals surface area contributed by atoms with Crippen LogP contribution in [0.3, 0.4) is 0 Å². The van der Waals surface area contributed by atoms with Crippen molar-refractivity contribution < 1.29 is 0 Å². The van der Waals surface area contributed by atoms with Crippen LogP contribution >= 0.6 is 11.8 Å². The molecule has 1 nitrogen and oxygen atoms in total.